The van der Waals surface area contributed by atoms with E-state index in [1.165, 1.54) is 12.8 Å². The van der Waals surface area contributed by atoms with Crippen molar-refractivity contribution in [3.8, 4) is 0 Å². The first kappa shape index (κ1) is 12.5. The van der Waals surface area contributed by atoms with Gasteiger partial charge in [-0.1, -0.05) is 12.5 Å². The van der Waals surface area contributed by atoms with Crippen LogP contribution in [0.5, 0.6) is 0 Å². The minimum atomic E-state index is -2.18. The second kappa shape index (κ2) is 5.14. The van der Waals surface area contributed by atoms with E-state index in [4.69, 9.17) is 4.74 Å². The number of ether oxygens (including phenoxy) is 1. The molecule has 2 rings (SSSR count). The molecule has 5 heteroatoms. The van der Waals surface area contributed by atoms with Crippen LogP contribution < -0.4 is 0 Å². The van der Waals surface area contributed by atoms with Gasteiger partial charge in [0.25, 0.3) is 0 Å². The molecule has 4 nitrogen and oxygen atoms in total. The fourth-order valence-corrected chi connectivity index (χ4v) is 4.44. The molecule has 1 heterocycles. The van der Waals surface area contributed by atoms with E-state index in [2.05, 4.69) is 0 Å². The SMILES string of the molecule is OC[Si](CO)(CO)CCC1CCC2OC2C1. The molecule has 0 radical (unpaired) electrons. The Labute approximate surface area is 97.3 Å². The van der Waals surface area contributed by atoms with Crippen LogP contribution in [-0.4, -0.2) is 54.3 Å². The van der Waals surface area contributed by atoms with Crippen molar-refractivity contribution in [2.45, 2.75) is 43.9 Å². The fourth-order valence-electron chi connectivity index (χ4n) is 2.65. The maximum absolute atomic E-state index is 9.28. The Hall–Kier alpha value is 0.0569. The number of aliphatic hydroxyl groups excluding tert-OH is 3. The molecule has 0 spiro atoms. The molecule has 1 aliphatic heterocycles. The number of rotatable bonds is 6. The Kier molecular flexibility index (Phi) is 4.02. The Morgan fingerprint density at radius 2 is 1.69 bits per heavy atom. The Bertz CT molecular complexity index is 224. The standard InChI is InChI=1S/C11H22O4Si/c12-6-16(7-13,8-14)4-3-9-1-2-10-11(5-9)15-10/h9-14H,1-8H2. The molecule has 0 aromatic rings. The zero-order valence-electron chi connectivity index (χ0n) is 9.64. The van der Waals surface area contributed by atoms with Gasteiger partial charge in [0, 0.05) is 18.7 Å². The molecule has 94 valence electrons. The van der Waals surface area contributed by atoms with E-state index in [1.54, 1.807) is 0 Å². The smallest absolute Gasteiger partial charge is 0.139 e. The van der Waals surface area contributed by atoms with Gasteiger partial charge in [-0.25, -0.2) is 0 Å². The minimum Gasteiger partial charge on any atom is -0.399 e. The number of epoxide rings is 1. The largest absolute Gasteiger partial charge is 0.399 e. The highest BCUT2D eigenvalue weighted by molar-refractivity contribution is 6.79. The van der Waals surface area contributed by atoms with Crippen LogP contribution in [0.2, 0.25) is 6.04 Å². The lowest BCUT2D eigenvalue weighted by Gasteiger charge is -2.27. The second-order valence-corrected chi connectivity index (χ2v) is 9.85. The van der Waals surface area contributed by atoms with Gasteiger partial charge in [0.1, 0.15) is 8.07 Å². The Morgan fingerprint density at radius 1 is 1.00 bits per heavy atom. The van der Waals surface area contributed by atoms with Gasteiger partial charge in [-0.15, -0.1) is 0 Å². The van der Waals surface area contributed by atoms with Crippen LogP contribution in [0.1, 0.15) is 25.7 Å². The van der Waals surface area contributed by atoms with Crippen LogP contribution in [0.4, 0.5) is 0 Å². The molecule has 2 fully saturated rings. The molecule has 1 saturated heterocycles. The van der Waals surface area contributed by atoms with E-state index in [-0.39, 0.29) is 18.7 Å². The number of hydrogen-bond acceptors (Lipinski definition) is 4. The van der Waals surface area contributed by atoms with Crippen molar-refractivity contribution in [3.63, 3.8) is 0 Å². The van der Waals surface area contributed by atoms with E-state index in [9.17, 15) is 15.3 Å². The maximum atomic E-state index is 9.28. The molecular formula is C11H22O4Si. The molecule has 1 aliphatic carbocycles. The van der Waals surface area contributed by atoms with E-state index in [1.807, 2.05) is 0 Å². The van der Waals surface area contributed by atoms with Gasteiger partial charge in [-0.05, 0) is 25.2 Å². The maximum Gasteiger partial charge on any atom is 0.139 e. The number of aliphatic hydroxyl groups is 3. The molecule has 0 aromatic heterocycles. The van der Waals surface area contributed by atoms with Crippen LogP contribution in [0.3, 0.4) is 0 Å². The van der Waals surface area contributed by atoms with Gasteiger partial charge in [0.05, 0.1) is 12.2 Å². The lowest BCUT2D eigenvalue weighted by molar-refractivity contribution is 0.282. The van der Waals surface area contributed by atoms with Crippen molar-refractivity contribution < 1.29 is 20.1 Å². The lowest BCUT2D eigenvalue weighted by atomic mass is 9.87. The summed E-state index contributed by atoms with van der Waals surface area (Å²) < 4.78 is 5.48. The first-order valence-electron chi connectivity index (χ1n) is 6.21. The molecule has 0 aromatic carbocycles. The number of hydrogen-bond donors (Lipinski definition) is 3. The third kappa shape index (κ3) is 2.65. The van der Waals surface area contributed by atoms with Crippen molar-refractivity contribution >= 4 is 8.07 Å². The van der Waals surface area contributed by atoms with Crippen molar-refractivity contribution in [1.29, 1.82) is 0 Å². The Morgan fingerprint density at radius 3 is 2.25 bits per heavy atom. The van der Waals surface area contributed by atoms with E-state index < -0.39 is 8.07 Å². The van der Waals surface area contributed by atoms with Crippen molar-refractivity contribution in [2.24, 2.45) is 5.92 Å². The summed E-state index contributed by atoms with van der Waals surface area (Å²) in [5, 5.41) is 27.8. The van der Waals surface area contributed by atoms with Crippen molar-refractivity contribution in [1.82, 2.24) is 0 Å². The highest BCUT2D eigenvalue weighted by Gasteiger charge is 2.44. The van der Waals surface area contributed by atoms with Crippen LogP contribution in [0.25, 0.3) is 0 Å². The third-order valence-electron chi connectivity index (χ3n) is 4.20. The minimum absolute atomic E-state index is 0.00469. The van der Waals surface area contributed by atoms with Crippen molar-refractivity contribution in [3.05, 3.63) is 0 Å². The zero-order chi connectivity index (χ0) is 11.6. The molecular weight excluding hydrogens is 224 g/mol. The summed E-state index contributed by atoms with van der Waals surface area (Å²) in [5.41, 5.74) is 0. The molecule has 3 atom stereocenters. The first-order valence-corrected chi connectivity index (χ1v) is 9.04. The van der Waals surface area contributed by atoms with Gasteiger partial charge in [-0.3, -0.25) is 0 Å². The topological polar surface area (TPSA) is 73.2 Å². The molecule has 2 aliphatic rings. The quantitative estimate of drug-likeness (QED) is 0.455. The summed E-state index contributed by atoms with van der Waals surface area (Å²) in [6.45, 7) is 0. The van der Waals surface area contributed by atoms with Gasteiger partial charge < -0.3 is 20.1 Å². The highest BCUT2D eigenvalue weighted by Crippen LogP contribution is 2.41. The van der Waals surface area contributed by atoms with E-state index >= 15 is 0 Å². The summed E-state index contributed by atoms with van der Waals surface area (Å²) >= 11 is 0. The molecule has 0 bridgehead atoms. The summed E-state index contributed by atoms with van der Waals surface area (Å²) in [5.74, 6) is 0.667. The normalized spacial score (nSPS) is 33.6. The monoisotopic (exact) mass is 246 g/mol. The summed E-state index contributed by atoms with van der Waals surface area (Å²) in [4.78, 5) is 0. The van der Waals surface area contributed by atoms with E-state index in [0.29, 0.717) is 18.1 Å². The highest BCUT2D eigenvalue weighted by atomic mass is 28.3. The molecule has 16 heavy (non-hydrogen) atoms. The Balaban J connectivity index is 1.76. The first-order chi connectivity index (χ1) is 7.73. The van der Waals surface area contributed by atoms with Crippen LogP contribution in [-0.2, 0) is 4.74 Å². The fraction of sp³-hybridized carbons (Fsp3) is 1.00. The van der Waals surface area contributed by atoms with Gasteiger partial charge >= 0.3 is 0 Å². The predicted octanol–water partition coefficient (Wildman–Crippen LogP) is -0.0127. The summed E-state index contributed by atoms with van der Waals surface area (Å²) in [7, 11) is -2.18. The summed E-state index contributed by atoms with van der Waals surface area (Å²) in [6.07, 6.45) is 5.55. The zero-order valence-corrected chi connectivity index (χ0v) is 10.6. The predicted molar refractivity (Wildman–Crippen MR) is 62.4 cm³/mol. The molecule has 0 amide bonds. The van der Waals surface area contributed by atoms with Crippen LogP contribution in [0, 0.1) is 5.92 Å². The molecule has 3 N–H and O–H groups in total. The van der Waals surface area contributed by atoms with Gasteiger partial charge in [0.2, 0.25) is 0 Å². The third-order valence-corrected chi connectivity index (χ3v) is 7.56. The second-order valence-electron chi connectivity index (χ2n) is 5.41. The summed E-state index contributed by atoms with van der Waals surface area (Å²) in [6, 6.07) is 0.832. The average molecular weight is 246 g/mol. The average Bonchev–Trinajstić information content (AvgIpc) is 3.10. The molecule has 3 unspecified atom stereocenters. The van der Waals surface area contributed by atoms with Gasteiger partial charge in [-0.2, -0.15) is 0 Å². The van der Waals surface area contributed by atoms with Crippen molar-refractivity contribution in [2.75, 3.05) is 18.7 Å². The number of fused-ring (bicyclic) bond motifs is 1. The van der Waals surface area contributed by atoms with Crippen LogP contribution in [0.15, 0.2) is 0 Å². The van der Waals surface area contributed by atoms with Gasteiger partial charge in [0.15, 0.2) is 0 Å². The lowest BCUT2D eigenvalue weighted by Crippen LogP contribution is -2.48. The van der Waals surface area contributed by atoms with E-state index in [0.717, 1.165) is 18.9 Å². The van der Waals surface area contributed by atoms with Crippen LogP contribution >= 0.6 is 0 Å². The molecule has 1 saturated carbocycles.